The zero-order valence-electron chi connectivity index (χ0n) is 14.4. The van der Waals surface area contributed by atoms with E-state index in [1.54, 1.807) is 12.5 Å². The van der Waals surface area contributed by atoms with E-state index in [-0.39, 0.29) is 6.10 Å². The van der Waals surface area contributed by atoms with E-state index in [4.69, 9.17) is 21.1 Å². The lowest BCUT2D eigenvalue weighted by atomic mass is 10.2. The molecule has 0 aliphatic rings. The Labute approximate surface area is 149 Å². The number of ether oxygens (including phenoxy) is 2. The quantitative estimate of drug-likeness (QED) is 0.520. The molecule has 0 aliphatic carbocycles. The number of aromatic nitrogens is 2. The van der Waals surface area contributed by atoms with Crippen LogP contribution in [0.25, 0.3) is 0 Å². The Morgan fingerprint density at radius 2 is 2.00 bits per heavy atom. The van der Waals surface area contributed by atoms with E-state index in [9.17, 15) is 0 Å². The third kappa shape index (κ3) is 7.47. The van der Waals surface area contributed by atoms with Gasteiger partial charge in [-0.1, -0.05) is 49.9 Å². The molecule has 0 bridgehead atoms. The van der Waals surface area contributed by atoms with Crippen molar-refractivity contribution in [2.45, 2.75) is 51.9 Å². The van der Waals surface area contributed by atoms with Crippen LogP contribution in [0.2, 0.25) is 5.02 Å². The summed E-state index contributed by atoms with van der Waals surface area (Å²) in [7, 11) is 0. The molecular weight excluding hydrogens is 324 g/mol. The highest BCUT2D eigenvalue weighted by atomic mass is 35.5. The highest BCUT2D eigenvalue weighted by Crippen LogP contribution is 2.12. The second-order valence-corrected chi connectivity index (χ2v) is 6.39. The maximum atomic E-state index is 6.05. The second-order valence-electron chi connectivity index (χ2n) is 5.95. The molecule has 132 valence electrons. The molecule has 2 aromatic rings. The Hall–Kier alpha value is -1.36. The zero-order chi connectivity index (χ0) is 17.0. The fraction of sp³-hybridized carbons (Fsp3) is 0.526. The molecule has 1 aromatic carbocycles. The van der Waals surface area contributed by atoms with Crippen LogP contribution in [0, 0.1) is 0 Å². The second kappa shape index (κ2) is 11.2. The van der Waals surface area contributed by atoms with Gasteiger partial charge in [-0.2, -0.15) is 0 Å². The topological polar surface area (TPSA) is 36.3 Å². The van der Waals surface area contributed by atoms with Crippen LogP contribution < -0.4 is 0 Å². The Morgan fingerprint density at radius 1 is 1.17 bits per heavy atom. The molecule has 1 aromatic heterocycles. The van der Waals surface area contributed by atoms with Gasteiger partial charge in [0.15, 0.2) is 0 Å². The standard InChI is InChI=1S/C19H27ClN2O2/c1-2-3-4-5-12-23-15-19(13-22-11-10-21-16-22)24-14-17-6-8-18(20)9-7-17/h6-11,16,19H,2-5,12-15H2,1H3. The number of hydrogen-bond donors (Lipinski definition) is 0. The molecule has 0 saturated heterocycles. The van der Waals surface area contributed by atoms with Gasteiger partial charge in [-0.25, -0.2) is 4.98 Å². The smallest absolute Gasteiger partial charge is 0.0991 e. The lowest BCUT2D eigenvalue weighted by Crippen LogP contribution is -2.25. The number of unbranched alkanes of at least 4 members (excludes halogenated alkanes) is 3. The van der Waals surface area contributed by atoms with E-state index in [0.717, 1.165) is 30.2 Å². The van der Waals surface area contributed by atoms with Crippen molar-refractivity contribution in [3.05, 3.63) is 53.6 Å². The number of benzene rings is 1. The Morgan fingerprint density at radius 3 is 2.71 bits per heavy atom. The van der Waals surface area contributed by atoms with Gasteiger partial charge in [-0.3, -0.25) is 0 Å². The minimum absolute atomic E-state index is 0.000975. The molecule has 0 N–H and O–H groups in total. The summed E-state index contributed by atoms with van der Waals surface area (Å²) in [4.78, 5) is 4.09. The molecule has 0 fully saturated rings. The van der Waals surface area contributed by atoms with Crippen LogP contribution in [0.15, 0.2) is 43.0 Å². The average Bonchev–Trinajstić information content (AvgIpc) is 3.10. The molecule has 1 unspecified atom stereocenters. The lowest BCUT2D eigenvalue weighted by Gasteiger charge is -2.19. The van der Waals surface area contributed by atoms with Gasteiger partial charge in [-0.15, -0.1) is 0 Å². The van der Waals surface area contributed by atoms with Crippen LogP contribution in [0.4, 0.5) is 0 Å². The number of imidazole rings is 1. The number of hydrogen-bond acceptors (Lipinski definition) is 3. The summed E-state index contributed by atoms with van der Waals surface area (Å²) in [5.41, 5.74) is 1.11. The monoisotopic (exact) mass is 350 g/mol. The van der Waals surface area contributed by atoms with Gasteiger partial charge in [0.2, 0.25) is 0 Å². The third-order valence-corrected chi connectivity index (χ3v) is 4.07. The Kier molecular flexibility index (Phi) is 8.88. The molecular formula is C19H27ClN2O2. The van der Waals surface area contributed by atoms with Crippen molar-refractivity contribution in [1.82, 2.24) is 9.55 Å². The Bertz CT molecular complexity index is 543. The third-order valence-electron chi connectivity index (χ3n) is 3.82. The molecule has 24 heavy (non-hydrogen) atoms. The molecule has 0 spiro atoms. The van der Waals surface area contributed by atoms with Crippen LogP contribution in [0.5, 0.6) is 0 Å². The first-order chi connectivity index (χ1) is 11.8. The van der Waals surface area contributed by atoms with Gasteiger partial charge >= 0.3 is 0 Å². The SMILES string of the molecule is CCCCCCOCC(Cn1ccnc1)OCc1ccc(Cl)cc1. The molecule has 0 saturated carbocycles. The van der Waals surface area contributed by atoms with Gasteiger partial charge in [0.25, 0.3) is 0 Å². The van der Waals surface area contributed by atoms with Crippen molar-refractivity contribution in [3.63, 3.8) is 0 Å². The lowest BCUT2D eigenvalue weighted by molar-refractivity contribution is -0.0333. The average molecular weight is 351 g/mol. The highest BCUT2D eigenvalue weighted by molar-refractivity contribution is 6.30. The maximum Gasteiger partial charge on any atom is 0.0991 e. The fourth-order valence-corrected chi connectivity index (χ4v) is 2.55. The molecule has 1 heterocycles. The van der Waals surface area contributed by atoms with Gasteiger partial charge in [-0.05, 0) is 24.1 Å². The summed E-state index contributed by atoms with van der Waals surface area (Å²) in [6.07, 6.45) is 10.4. The first-order valence-corrected chi connectivity index (χ1v) is 9.05. The molecule has 5 heteroatoms. The van der Waals surface area contributed by atoms with Crippen LogP contribution in [-0.2, 0) is 22.6 Å². The number of halogens is 1. The molecule has 1 atom stereocenters. The highest BCUT2D eigenvalue weighted by Gasteiger charge is 2.11. The van der Waals surface area contributed by atoms with Crippen molar-refractivity contribution >= 4 is 11.6 Å². The summed E-state index contributed by atoms with van der Waals surface area (Å²) >= 11 is 5.92. The van der Waals surface area contributed by atoms with E-state index < -0.39 is 0 Å². The first kappa shape index (κ1) is 19.0. The van der Waals surface area contributed by atoms with Crippen LogP contribution in [0.1, 0.15) is 38.2 Å². The van der Waals surface area contributed by atoms with Gasteiger partial charge in [0, 0.05) is 24.0 Å². The molecule has 0 aliphatic heterocycles. The predicted molar refractivity (Wildman–Crippen MR) is 97.2 cm³/mol. The zero-order valence-corrected chi connectivity index (χ0v) is 15.1. The number of nitrogens with zero attached hydrogens (tertiary/aromatic N) is 2. The summed E-state index contributed by atoms with van der Waals surface area (Å²) < 4.78 is 13.9. The largest absolute Gasteiger partial charge is 0.379 e. The van der Waals surface area contributed by atoms with Crippen molar-refractivity contribution in [1.29, 1.82) is 0 Å². The van der Waals surface area contributed by atoms with Crippen molar-refractivity contribution in [2.24, 2.45) is 0 Å². The normalized spacial score (nSPS) is 12.4. The molecule has 4 nitrogen and oxygen atoms in total. The van der Waals surface area contributed by atoms with Crippen LogP contribution >= 0.6 is 11.6 Å². The van der Waals surface area contributed by atoms with Crippen LogP contribution in [-0.4, -0.2) is 28.9 Å². The predicted octanol–water partition coefficient (Wildman–Crippen LogP) is 4.72. The minimum Gasteiger partial charge on any atom is -0.379 e. The van der Waals surface area contributed by atoms with Crippen LogP contribution in [0.3, 0.4) is 0 Å². The summed E-state index contributed by atoms with van der Waals surface area (Å²) in [5, 5.41) is 0.740. The van der Waals surface area contributed by atoms with E-state index in [2.05, 4.69) is 11.9 Å². The molecule has 0 amide bonds. The molecule has 2 rings (SSSR count). The molecule has 0 radical (unpaired) electrons. The summed E-state index contributed by atoms with van der Waals surface area (Å²) in [5.74, 6) is 0. The summed E-state index contributed by atoms with van der Waals surface area (Å²) in [6, 6.07) is 7.75. The van der Waals surface area contributed by atoms with Gasteiger partial charge in [0.05, 0.1) is 32.2 Å². The Balaban J connectivity index is 1.77. The van der Waals surface area contributed by atoms with Crippen molar-refractivity contribution in [3.8, 4) is 0 Å². The van der Waals surface area contributed by atoms with Gasteiger partial charge in [0.1, 0.15) is 0 Å². The first-order valence-electron chi connectivity index (χ1n) is 8.67. The number of rotatable bonds is 12. The van der Waals surface area contributed by atoms with Gasteiger partial charge < -0.3 is 14.0 Å². The van der Waals surface area contributed by atoms with E-state index in [1.807, 2.05) is 35.0 Å². The van der Waals surface area contributed by atoms with Crippen molar-refractivity contribution < 1.29 is 9.47 Å². The fourth-order valence-electron chi connectivity index (χ4n) is 2.42. The minimum atomic E-state index is 0.000975. The van der Waals surface area contributed by atoms with E-state index >= 15 is 0 Å². The van der Waals surface area contributed by atoms with E-state index in [0.29, 0.717) is 13.2 Å². The summed E-state index contributed by atoms with van der Waals surface area (Å²) in [6.45, 7) is 4.90. The maximum absolute atomic E-state index is 6.05. The van der Waals surface area contributed by atoms with E-state index in [1.165, 1.54) is 19.3 Å². The van der Waals surface area contributed by atoms with Crippen molar-refractivity contribution in [2.75, 3.05) is 13.2 Å².